The van der Waals surface area contributed by atoms with Crippen molar-refractivity contribution < 1.29 is 39.1 Å². The predicted octanol–water partition coefficient (Wildman–Crippen LogP) is 8.41. The van der Waals surface area contributed by atoms with E-state index in [1.807, 2.05) is 60.7 Å². The number of phenolic OH excluding ortho intramolecular Hbond substituents is 2. The first-order chi connectivity index (χ1) is 27.3. The molecule has 0 bridgehead atoms. The molecule has 11 heteroatoms. The molecule has 2 fully saturated rings. The number of carbonyl (C=O) groups is 1. The van der Waals surface area contributed by atoms with E-state index < -0.39 is 5.97 Å². The van der Waals surface area contributed by atoms with Gasteiger partial charge in [-0.15, -0.1) is 0 Å². The molecule has 8 rings (SSSR count). The molecule has 0 aromatic heterocycles. The average Bonchev–Trinajstić information content (AvgIpc) is 3.23. The van der Waals surface area contributed by atoms with Crippen LogP contribution in [-0.4, -0.2) is 97.9 Å². The lowest BCUT2D eigenvalue weighted by molar-refractivity contribution is 0.0234. The third-order valence-electron chi connectivity index (χ3n) is 10.5. The van der Waals surface area contributed by atoms with Gasteiger partial charge in [0.1, 0.15) is 23.0 Å². The van der Waals surface area contributed by atoms with Crippen molar-refractivity contribution in [3.63, 3.8) is 0 Å². The first-order valence-corrected chi connectivity index (χ1v) is 19.4. The summed E-state index contributed by atoms with van der Waals surface area (Å²) >= 11 is 3.55. The van der Waals surface area contributed by atoms with Gasteiger partial charge in [-0.1, -0.05) is 76.6 Å². The summed E-state index contributed by atoms with van der Waals surface area (Å²) in [7, 11) is 3.32. The predicted molar refractivity (Wildman–Crippen MR) is 220 cm³/mol. The Bertz CT molecular complexity index is 2320. The van der Waals surface area contributed by atoms with E-state index in [4.69, 9.17) is 18.9 Å². The summed E-state index contributed by atoms with van der Waals surface area (Å²) in [6, 6.07) is 33.7. The van der Waals surface area contributed by atoms with Crippen molar-refractivity contribution in [3.8, 4) is 23.0 Å². The molecule has 3 N–H and O–H groups in total. The van der Waals surface area contributed by atoms with Gasteiger partial charge in [-0.05, 0) is 70.1 Å². The maximum absolute atomic E-state index is 11.7. The minimum absolute atomic E-state index is 0.116. The number of aromatic carboxylic acids is 1. The highest BCUT2D eigenvalue weighted by atomic mass is 79.9. The highest BCUT2D eigenvalue weighted by Crippen LogP contribution is 2.44. The second kappa shape index (κ2) is 17.7. The molecule has 2 unspecified atom stereocenters. The number of ether oxygens (including phenoxy) is 4. The molecule has 2 atom stereocenters. The summed E-state index contributed by atoms with van der Waals surface area (Å²) in [4.78, 5) is 16.3. The average molecular weight is 822 g/mol. The maximum Gasteiger partial charge on any atom is 0.336 e. The van der Waals surface area contributed by atoms with Gasteiger partial charge < -0.3 is 34.3 Å². The summed E-state index contributed by atoms with van der Waals surface area (Å²) in [6.45, 7) is 5.54. The Morgan fingerprint density at radius 2 is 1.12 bits per heavy atom. The lowest BCUT2D eigenvalue weighted by Crippen LogP contribution is -2.39. The quantitative estimate of drug-likeness (QED) is 0.131. The second-order valence-corrected chi connectivity index (χ2v) is 14.6. The third kappa shape index (κ3) is 8.05. The molecule has 2 aliphatic rings. The number of para-hydroxylation sites is 2. The first kappa shape index (κ1) is 39.1. The number of benzene rings is 6. The van der Waals surface area contributed by atoms with Crippen LogP contribution in [0.25, 0.3) is 21.5 Å². The molecule has 2 saturated heterocycles. The topological polar surface area (TPSA) is 121 Å². The first-order valence-electron chi connectivity index (χ1n) is 18.6. The number of nitrogens with zero attached hydrogens (tertiary/aromatic N) is 2. The Morgan fingerprint density at radius 3 is 1.66 bits per heavy atom. The number of phenols is 2. The van der Waals surface area contributed by atoms with Crippen LogP contribution >= 0.6 is 15.9 Å². The zero-order chi connectivity index (χ0) is 39.2. The third-order valence-corrected chi connectivity index (χ3v) is 11.0. The molecule has 6 aromatic rings. The number of hydrogen-bond donors (Lipinski definition) is 3. The fraction of sp³-hybridized carbons (Fsp3) is 0.267. The van der Waals surface area contributed by atoms with Gasteiger partial charge in [0.2, 0.25) is 0 Å². The number of carboxylic acid groups (broad SMARTS) is 1. The van der Waals surface area contributed by atoms with Crippen LogP contribution in [0.2, 0.25) is 0 Å². The monoisotopic (exact) mass is 820 g/mol. The van der Waals surface area contributed by atoms with Crippen LogP contribution in [0, 0.1) is 0 Å². The molecule has 0 amide bonds. The summed E-state index contributed by atoms with van der Waals surface area (Å²) in [5.41, 5.74) is 3.76. The van der Waals surface area contributed by atoms with E-state index in [2.05, 4.69) is 43.9 Å². The van der Waals surface area contributed by atoms with Crippen molar-refractivity contribution in [1.29, 1.82) is 0 Å². The molecule has 10 nitrogen and oxygen atoms in total. The highest BCUT2D eigenvalue weighted by molar-refractivity contribution is 9.10. The van der Waals surface area contributed by atoms with Crippen molar-refractivity contribution >= 4 is 43.4 Å². The molecule has 6 aromatic carbocycles. The van der Waals surface area contributed by atoms with Crippen LogP contribution in [0.5, 0.6) is 23.0 Å². The molecule has 2 heterocycles. The van der Waals surface area contributed by atoms with Crippen molar-refractivity contribution in [2.45, 2.75) is 12.1 Å². The zero-order valence-electron chi connectivity index (χ0n) is 31.4. The maximum atomic E-state index is 11.7. The van der Waals surface area contributed by atoms with E-state index in [9.17, 15) is 20.1 Å². The van der Waals surface area contributed by atoms with Crippen molar-refractivity contribution in [2.75, 3.05) is 66.8 Å². The van der Waals surface area contributed by atoms with Gasteiger partial charge in [0.25, 0.3) is 0 Å². The van der Waals surface area contributed by atoms with Crippen molar-refractivity contribution in [2.24, 2.45) is 0 Å². The normalized spacial score (nSPS) is 16.1. The Kier molecular flexibility index (Phi) is 12.4. The van der Waals surface area contributed by atoms with Crippen LogP contribution in [-0.2, 0) is 9.47 Å². The molecule has 0 saturated carbocycles. The van der Waals surface area contributed by atoms with Crippen molar-refractivity contribution in [3.05, 3.63) is 141 Å². The molecular formula is C45H45BrN2O8. The summed E-state index contributed by atoms with van der Waals surface area (Å²) < 4.78 is 23.4. The van der Waals surface area contributed by atoms with Gasteiger partial charge in [-0.25, -0.2) is 4.79 Å². The SMILES string of the molecule is COc1ccccc1C(c1c(O)ccc2c(C(=O)O)cccc12)N1CCOCC1.COc1ccccc1C(c1c(O)ccc2cc(Br)ccc12)N1CCOCC1. The van der Waals surface area contributed by atoms with Crippen LogP contribution < -0.4 is 9.47 Å². The minimum atomic E-state index is -0.993. The molecule has 0 spiro atoms. The van der Waals surface area contributed by atoms with E-state index in [1.165, 1.54) is 0 Å². The van der Waals surface area contributed by atoms with Gasteiger partial charge in [-0.3, -0.25) is 9.80 Å². The number of aromatic hydroxyl groups is 2. The Labute approximate surface area is 334 Å². The molecular weight excluding hydrogens is 776 g/mol. The largest absolute Gasteiger partial charge is 0.508 e. The van der Waals surface area contributed by atoms with Gasteiger partial charge in [-0.2, -0.15) is 0 Å². The zero-order valence-corrected chi connectivity index (χ0v) is 32.9. The Hall–Kier alpha value is -5.17. The molecule has 0 radical (unpaired) electrons. The number of rotatable bonds is 9. The summed E-state index contributed by atoms with van der Waals surface area (Å²) in [5, 5.41) is 34.9. The van der Waals surface area contributed by atoms with Gasteiger partial charge in [0.05, 0.1) is 58.3 Å². The minimum Gasteiger partial charge on any atom is -0.508 e. The molecule has 56 heavy (non-hydrogen) atoms. The lowest BCUT2D eigenvalue weighted by atomic mass is 9.89. The summed E-state index contributed by atoms with van der Waals surface area (Å²) in [5.74, 6) is 0.972. The van der Waals surface area contributed by atoms with Crippen LogP contribution in [0.1, 0.15) is 44.7 Å². The molecule has 0 aliphatic carbocycles. The number of fused-ring (bicyclic) bond motifs is 2. The Balaban J connectivity index is 0.000000172. The molecule has 290 valence electrons. The lowest BCUT2D eigenvalue weighted by Gasteiger charge is -2.36. The van der Waals surface area contributed by atoms with Gasteiger partial charge >= 0.3 is 5.97 Å². The van der Waals surface area contributed by atoms with E-state index in [0.29, 0.717) is 61.6 Å². The van der Waals surface area contributed by atoms with E-state index in [1.54, 1.807) is 44.6 Å². The number of hydrogen-bond acceptors (Lipinski definition) is 9. The van der Waals surface area contributed by atoms with Gasteiger partial charge in [0.15, 0.2) is 0 Å². The fourth-order valence-corrected chi connectivity index (χ4v) is 8.35. The smallest absolute Gasteiger partial charge is 0.336 e. The highest BCUT2D eigenvalue weighted by Gasteiger charge is 2.32. The second-order valence-electron chi connectivity index (χ2n) is 13.7. The van der Waals surface area contributed by atoms with Crippen LogP contribution in [0.4, 0.5) is 0 Å². The van der Waals surface area contributed by atoms with Crippen LogP contribution in [0.3, 0.4) is 0 Å². The Morgan fingerprint density at radius 1 is 0.625 bits per heavy atom. The van der Waals surface area contributed by atoms with E-state index in [0.717, 1.165) is 56.5 Å². The van der Waals surface area contributed by atoms with E-state index in [-0.39, 0.29) is 23.4 Å². The van der Waals surface area contributed by atoms with E-state index >= 15 is 0 Å². The van der Waals surface area contributed by atoms with Gasteiger partial charge in [0, 0.05) is 52.9 Å². The standard InChI is InChI=1S/C23H23NO5.C22H22BrNO3/c1-28-20-8-3-2-5-18(20)22(24-11-13-29-14-12-24)21-16-6-4-7-17(23(26)27)15(16)9-10-19(21)25;1-26-20-5-3-2-4-18(20)22(24-10-12-27-13-11-24)21-17-8-7-16(23)14-15(17)6-9-19(21)25/h2-10,22,25H,11-14H2,1H3,(H,26,27);2-9,14,22,25H,10-13H2,1H3. The summed E-state index contributed by atoms with van der Waals surface area (Å²) in [6.07, 6.45) is 0. The number of carboxylic acids is 1. The fourth-order valence-electron chi connectivity index (χ4n) is 7.97. The number of morpholine rings is 2. The number of methoxy groups -OCH3 is 2. The number of halogens is 1. The van der Waals surface area contributed by atoms with Crippen molar-refractivity contribution in [1.82, 2.24) is 9.80 Å². The van der Waals surface area contributed by atoms with Crippen LogP contribution in [0.15, 0.2) is 114 Å². The molecule has 2 aliphatic heterocycles.